The molecule has 2 amide bonds. The van der Waals surface area contributed by atoms with Gasteiger partial charge >= 0.3 is 6.03 Å². The molecule has 2 rings (SSSR count). The van der Waals surface area contributed by atoms with Crippen molar-refractivity contribution < 1.29 is 13.9 Å². The zero-order chi connectivity index (χ0) is 15.2. The lowest BCUT2D eigenvalue weighted by Crippen LogP contribution is -2.48. The summed E-state index contributed by atoms with van der Waals surface area (Å²) in [4.78, 5) is 14.0. The van der Waals surface area contributed by atoms with Gasteiger partial charge < -0.3 is 15.4 Å². The first-order valence-electron chi connectivity index (χ1n) is 7.21. The van der Waals surface area contributed by atoms with Gasteiger partial charge in [-0.1, -0.05) is 0 Å². The van der Waals surface area contributed by atoms with E-state index < -0.39 is 0 Å². The third-order valence-corrected chi connectivity index (χ3v) is 3.31. The summed E-state index contributed by atoms with van der Waals surface area (Å²) in [5.74, 6) is -0.323. The average Bonchev–Trinajstić information content (AvgIpc) is 2.40. The second kappa shape index (κ2) is 7.38. The molecule has 0 radical (unpaired) electrons. The first-order chi connectivity index (χ1) is 10.0. The molecule has 2 atom stereocenters. The Labute approximate surface area is 124 Å². The lowest BCUT2D eigenvalue weighted by molar-refractivity contribution is -0.0672. The van der Waals surface area contributed by atoms with Crippen LogP contribution in [0.3, 0.4) is 0 Å². The molecule has 0 saturated carbocycles. The number of halogens is 1. The second-order valence-electron chi connectivity index (χ2n) is 5.40. The molecule has 21 heavy (non-hydrogen) atoms. The van der Waals surface area contributed by atoms with Gasteiger partial charge in [-0.15, -0.1) is 0 Å². The fourth-order valence-electron chi connectivity index (χ4n) is 2.50. The van der Waals surface area contributed by atoms with Crippen LogP contribution in [0.4, 0.5) is 14.9 Å². The normalized spacial score (nSPS) is 22.8. The van der Waals surface area contributed by atoms with Crippen LogP contribution >= 0.6 is 0 Å². The van der Waals surface area contributed by atoms with Gasteiger partial charge in [0.2, 0.25) is 0 Å². The summed E-state index contributed by atoms with van der Waals surface area (Å²) in [7, 11) is 0. The molecule has 1 saturated heterocycles. The molecule has 0 bridgehead atoms. The Kier molecular flexibility index (Phi) is 5.52. The van der Waals surface area contributed by atoms with Crippen molar-refractivity contribution in [2.75, 3.05) is 31.5 Å². The molecule has 1 aromatic rings. The highest BCUT2D eigenvalue weighted by molar-refractivity contribution is 5.89. The van der Waals surface area contributed by atoms with E-state index in [-0.39, 0.29) is 24.1 Å². The van der Waals surface area contributed by atoms with Gasteiger partial charge in [-0.05, 0) is 38.1 Å². The molecule has 0 unspecified atom stereocenters. The molecule has 1 aliphatic heterocycles. The SMILES string of the molecule is C[C@@H]1CN(CCNC(=O)Nc2ccc(F)cc2)C[C@@H](C)O1. The van der Waals surface area contributed by atoms with Crippen molar-refractivity contribution in [3.63, 3.8) is 0 Å². The van der Waals surface area contributed by atoms with E-state index in [4.69, 9.17) is 4.74 Å². The summed E-state index contributed by atoms with van der Waals surface area (Å²) in [5, 5.41) is 5.46. The van der Waals surface area contributed by atoms with Crippen LogP contribution in [0.15, 0.2) is 24.3 Å². The minimum absolute atomic E-state index is 0.224. The molecular weight excluding hydrogens is 273 g/mol. The monoisotopic (exact) mass is 295 g/mol. The van der Waals surface area contributed by atoms with E-state index in [2.05, 4.69) is 29.4 Å². The molecule has 6 heteroatoms. The lowest BCUT2D eigenvalue weighted by Gasteiger charge is -2.35. The number of ether oxygens (including phenoxy) is 1. The molecule has 116 valence electrons. The summed E-state index contributed by atoms with van der Waals surface area (Å²) in [6.07, 6.45) is 0.448. The van der Waals surface area contributed by atoms with Crippen LogP contribution < -0.4 is 10.6 Å². The Morgan fingerprint density at radius 1 is 1.29 bits per heavy atom. The van der Waals surface area contributed by atoms with Crippen LogP contribution in [0.2, 0.25) is 0 Å². The Morgan fingerprint density at radius 2 is 1.90 bits per heavy atom. The predicted molar refractivity (Wildman–Crippen MR) is 79.9 cm³/mol. The zero-order valence-corrected chi connectivity index (χ0v) is 12.4. The van der Waals surface area contributed by atoms with Crippen molar-refractivity contribution in [3.8, 4) is 0 Å². The first-order valence-corrected chi connectivity index (χ1v) is 7.21. The number of urea groups is 1. The highest BCUT2D eigenvalue weighted by Gasteiger charge is 2.21. The standard InChI is InChI=1S/C15H22FN3O2/c1-11-9-19(10-12(2)21-11)8-7-17-15(20)18-14-5-3-13(16)4-6-14/h3-6,11-12H,7-10H2,1-2H3,(H2,17,18,20)/t11-,12-/m1/s1. The smallest absolute Gasteiger partial charge is 0.319 e. The van der Waals surface area contributed by atoms with Crippen LogP contribution in [0.1, 0.15) is 13.8 Å². The van der Waals surface area contributed by atoms with E-state index in [1.807, 2.05) is 0 Å². The number of benzene rings is 1. The predicted octanol–water partition coefficient (Wildman–Crippen LogP) is 2.06. The fourth-order valence-corrected chi connectivity index (χ4v) is 2.50. The lowest BCUT2D eigenvalue weighted by atomic mass is 10.2. The third kappa shape index (κ3) is 5.32. The number of hydrogen-bond donors (Lipinski definition) is 2. The first kappa shape index (κ1) is 15.7. The second-order valence-corrected chi connectivity index (χ2v) is 5.40. The Balaban J connectivity index is 1.68. The number of anilines is 1. The van der Waals surface area contributed by atoms with E-state index in [9.17, 15) is 9.18 Å². The molecule has 1 aromatic carbocycles. The van der Waals surface area contributed by atoms with Gasteiger partial charge in [0.25, 0.3) is 0 Å². The molecule has 1 heterocycles. The van der Waals surface area contributed by atoms with E-state index >= 15 is 0 Å². The van der Waals surface area contributed by atoms with E-state index in [1.54, 1.807) is 0 Å². The number of carbonyl (C=O) groups excluding carboxylic acids is 1. The number of hydrogen-bond acceptors (Lipinski definition) is 3. The Morgan fingerprint density at radius 3 is 2.52 bits per heavy atom. The highest BCUT2D eigenvalue weighted by atomic mass is 19.1. The van der Waals surface area contributed by atoms with E-state index in [0.29, 0.717) is 12.2 Å². The van der Waals surface area contributed by atoms with E-state index in [1.165, 1.54) is 24.3 Å². The maximum atomic E-state index is 12.8. The van der Waals surface area contributed by atoms with Crippen LogP contribution in [0, 0.1) is 5.82 Å². The maximum absolute atomic E-state index is 12.8. The molecule has 2 N–H and O–H groups in total. The average molecular weight is 295 g/mol. The minimum Gasteiger partial charge on any atom is -0.373 e. The molecule has 0 spiro atoms. The van der Waals surface area contributed by atoms with Crippen molar-refractivity contribution in [1.82, 2.24) is 10.2 Å². The number of carbonyl (C=O) groups is 1. The molecule has 5 nitrogen and oxygen atoms in total. The molecule has 1 aliphatic rings. The fraction of sp³-hybridized carbons (Fsp3) is 0.533. The van der Waals surface area contributed by atoms with Crippen LogP contribution in [-0.2, 0) is 4.74 Å². The molecular formula is C15H22FN3O2. The van der Waals surface area contributed by atoms with Gasteiger partial charge in [-0.3, -0.25) is 4.90 Å². The molecule has 0 aromatic heterocycles. The van der Waals surface area contributed by atoms with Crippen molar-refractivity contribution in [2.24, 2.45) is 0 Å². The summed E-state index contributed by atoms with van der Waals surface area (Å²) in [6, 6.07) is 5.40. The Bertz CT molecular complexity index is 456. The summed E-state index contributed by atoms with van der Waals surface area (Å²) in [5.41, 5.74) is 0.572. The van der Waals surface area contributed by atoms with Crippen molar-refractivity contribution >= 4 is 11.7 Å². The number of nitrogens with zero attached hydrogens (tertiary/aromatic N) is 1. The summed E-state index contributed by atoms with van der Waals surface area (Å²) in [6.45, 7) is 7.22. The Hall–Kier alpha value is -1.66. The van der Waals surface area contributed by atoms with Gasteiger partial charge in [0, 0.05) is 31.9 Å². The van der Waals surface area contributed by atoms with Crippen LogP contribution in [-0.4, -0.2) is 49.3 Å². The van der Waals surface area contributed by atoms with Crippen LogP contribution in [0.25, 0.3) is 0 Å². The zero-order valence-electron chi connectivity index (χ0n) is 12.4. The maximum Gasteiger partial charge on any atom is 0.319 e. The topological polar surface area (TPSA) is 53.6 Å². The van der Waals surface area contributed by atoms with Gasteiger partial charge in [0.05, 0.1) is 12.2 Å². The third-order valence-electron chi connectivity index (χ3n) is 3.31. The highest BCUT2D eigenvalue weighted by Crippen LogP contribution is 2.10. The van der Waals surface area contributed by atoms with Crippen molar-refractivity contribution in [3.05, 3.63) is 30.1 Å². The van der Waals surface area contributed by atoms with Gasteiger partial charge in [0.1, 0.15) is 5.82 Å². The molecule has 0 aliphatic carbocycles. The van der Waals surface area contributed by atoms with Gasteiger partial charge in [0.15, 0.2) is 0 Å². The quantitative estimate of drug-likeness (QED) is 0.894. The van der Waals surface area contributed by atoms with Gasteiger partial charge in [-0.25, -0.2) is 9.18 Å². The summed E-state index contributed by atoms with van der Waals surface area (Å²) >= 11 is 0. The van der Waals surface area contributed by atoms with Crippen LogP contribution in [0.5, 0.6) is 0 Å². The number of morpholine rings is 1. The summed E-state index contributed by atoms with van der Waals surface area (Å²) < 4.78 is 18.4. The van der Waals surface area contributed by atoms with Crippen molar-refractivity contribution in [1.29, 1.82) is 0 Å². The molecule has 1 fully saturated rings. The van der Waals surface area contributed by atoms with Gasteiger partial charge in [-0.2, -0.15) is 0 Å². The van der Waals surface area contributed by atoms with E-state index in [0.717, 1.165) is 19.6 Å². The number of nitrogens with one attached hydrogen (secondary N) is 2. The van der Waals surface area contributed by atoms with Crippen molar-refractivity contribution in [2.45, 2.75) is 26.1 Å². The largest absolute Gasteiger partial charge is 0.373 e. The number of rotatable bonds is 4. The minimum atomic E-state index is -0.323. The number of amides is 2.